The molecule has 7 heteroatoms. The number of furan rings is 1. The van der Waals surface area contributed by atoms with E-state index in [1.54, 1.807) is 34.3 Å². The molecule has 0 bridgehead atoms. The lowest BCUT2D eigenvalue weighted by atomic mass is 10.2. The van der Waals surface area contributed by atoms with Crippen LogP contribution in [0.3, 0.4) is 0 Å². The van der Waals surface area contributed by atoms with E-state index in [0.29, 0.717) is 37.8 Å². The Morgan fingerprint density at radius 2 is 1.85 bits per heavy atom. The van der Waals surface area contributed by atoms with Gasteiger partial charge in [-0.05, 0) is 12.1 Å². The SMILES string of the molecule is O=C(c1ncc[nH]1)N1CCN(C(=O)c2ccco2)CC1. The molecule has 2 amide bonds. The van der Waals surface area contributed by atoms with Gasteiger partial charge in [-0.2, -0.15) is 0 Å². The molecule has 0 spiro atoms. The second kappa shape index (κ2) is 5.20. The van der Waals surface area contributed by atoms with Crippen LogP contribution in [-0.4, -0.2) is 57.8 Å². The maximum absolute atomic E-state index is 12.1. The van der Waals surface area contributed by atoms with E-state index < -0.39 is 0 Å². The Balaban J connectivity index is 1.60. The van der Waals surface area contributed by atoms with E-state index in [4.69, 9.17) is 4.42 Å². The van der Waals surface area contributed by atoms with Crippen LogP contribution in [0.5, 0.6) is 0 Å². The summed E-state index contributed by atoms with van der Waals surface area (Å²) in [7, 11) is 0. The highest BCUT2D eigenvalue weighted by molar-refractivity contribution is 5.92. The first-order valence-electron chi connectivity index (χ1n) is 6.37. The molecule has 1 fully saturated rings. The predicted molar refractivity (Wildman–Crippen MR) is 69.1 cm³/mol. The van der Waals surface area contributed by atoms with Crippen LogP contribution in [0.25, 0.3) is 0 Å². The summed E-state index contributed by atoms with van der Waals surface area (Å²) in [6.45, 7) is 1.97. The number of aromatic amines is 1. The summed E-state index contributed by atoms with van der Waals surface area (Å²) in [6.07, 6.45) is 4.64. The van der Waals surface area contributed by atoms with Crippen molar-refractivity contribution in [2.75, 3.05) is 26.2 Å². The molecule has 0 aliphatic carbocycles. The van der Waals surface area contributed by atoms with Crippen LogP contribution in [0.1, 0.15) is 21.2 Å². The van der Waals surface area contributed by atoms with E-state index in [-0.39, 0.29) is 11.8 Å². The third-order valence-electron chi connectivity index (χ3n) is 3.29. The lowest BCUT2D eigenvalue weighted by Crippen LogP contribution is -2.50. The smallest absolute Gasteiger partial charge is 0.289 e. The van der Waals surface area contributed by atoms with Gasteiger partial charge in [0.1, 0.15) is 0 Å². The van der Waals surface area contributed by atoms with Gasteiger partial charge >= 0.3 is 0 Å². The van der Waals surface area contributed by atoms with E-state index in [9.17, 15) is 9.59 Å². The van der Waals surface area contributed by atoms with Crippen molar-refractivity contribution in [1.29, 1.82) is 0 Å². The third kappa shape index (κ3) is 2.29. The Labute approximate surface area is 115 Å². The minimum absolute atomic E-state index is 0.139. The molecule has 1 aliphatic heterocycles. The van der Waals surface area contributed by atoms with Crippen molar-refractivity contribution in [1.82, 2.24) is 19.8 Å². The molecular weight excluding hydrogens is 260 g/mol. The van der Waals surface area contributed by atoms with Crippen molar-refractivity contribution < 1.29 is 14.0 Å². The number of amides is 2. The van der Waals surface area contributed by atoms with Crippen LogP contribution in [0.15, 0.2) is 35.2 Å². The molecule has 20 heavy (non-hydrogen) atoms. The van der Waals surface area contributed by atoms with Crippen molar-refractivity contribution in [3.05, 3.63) is 42.4 Å². The highest BCUT2D eigenvalue weighted by Gasteiger charge is 2.27. The largest absolute Gasteiger partial charge is 0.459 e. The lowest BCUT2D eigenvalue weighted by Gasteiger charge is -2.33. The third-order valence-corrected chi connectivity index (χ3v) is 3.29. The standard InChI is InChI=1S/C13H14N4O3/c18-12(10-2-1-9-20-10)16-5-7-17(8-6-16)13(19)11-14-3-4-15-11/h1-4,9H,5-8H2,(H,14,15). The van der Waals surface area contributed by atoms with Crippen LogP contribution in [0, 0.1) is 0 Å². The molecule has 3 heterocycles. The predicted octanol–water partition coefficient (Wildman–Crippen LogP) is 0.601. The Morgan fingerprint density at radius 3 is 2.40 bits per heavy atom. The molecule has 7 nitrogen and oxygen atoms in total. The van der Waals surface area contributed by atoms with Gasteiger partial charge in [-0.15, -0.1) is 0 Å². The van der Waals surface area contributed by atoms with Gasteiger partial charge < -0.3 is 19.2 Å². The van der Waals surface area contributed by atoms with Crippen molar-refractivity contribution in [2.45, 2.75) is 0 Å². The molecule has 1 aliphatic rings. The average Bonchev–Trinajstić information content (AvgIpc) is 3.18. The summed E-state index contributed by atoms with van der Waals surface area (Å²) in [4.78, 5) is 34.3. The van der Waals surface area contributed by atoms with Crippen LogP contribution >= 0.6 is 0 Å². The minimum Gasteiger partial charge on any atom is -0.459 e. The molecular formula is C13H14N4O3. The number of piperazine rings is 1. The number of hydrogen-bond acceptors (Lipinski definition) is 4. The van der Waals surface area contributed by atoms with E-state index in [1.807, 2.05) is 0 Å². The van der Waals surface area contributed by atoms with Gasteiger partial charge in [0.15, 0.2) is 11.6 Å². The molecule has 0 atom stereocenters. The molecule has 3 rings (SSSR count). The normalized spacial score (nSPS) is 15.4. The minimum atomic E-state index is -0.139. The maximum atomic E-state index is 12.1. The maximum Gasteiger partial charge on any atom is 0.289 e. The molecule has 2 aromatic heterocycles. The van der Waals surface area contributed by atoms with Gasteiger partial charge in [0.2, 0.25) is 0 Å². The summed E-state index contributed by atoms with van der Waals surface area (Å²) in [6, 6.07) is 3.33. The first-order valence-corrected chi connectivity index (χ1v) is 6.37. The van der Waals surface area contributed by atoms with Crippen LogP contribution in [0.4, 0.5) is 0 Å². The monoisotopic (exact) mass is 274 g/mol. The molecule has 0 saturated carbocycles. The first-order chi connectivity index (χ1) is 9.75. The Kier molecular flexibility index (Phi) is 3.24. The zero-order valence-corrected chi connectivity index (χ0v) is 10.8. The van der Waals surface area contributed by atoms with Gasteiger partial charge in [-0.1, -0.05) is 0 Å². The van der Waals surface area contributed by atoms with Crippen molar-refractivity contribution in [3.8, 4) is 0 Å². The van der Waals surface area contributed by atoms with Gasteiger partial charge in [-0.25, -0.2) is 4.98 Å². The van der Waals surface area contributed by atoms with Crippen molar-refractivity contribution in [2.24, 2.45) is 0 Å². The summed E-state index contributed by atoms with van der Waals surface area (Å²) >= 11 is 0. The number of carbonyl (C=O) groups excluding carboxylic acids is 2. The van der Waals surface area contributed by atoms with Crippen LogP contribution < -0.4 is 0 Å². The topological polar surface area (TPSA) is 82.4 Å². The fourth-order valence-corrected chi connectivity index (χ4v) is 2.20. The molecule has 104 valence electrons. The molecule has 0 unspecified atom stereocenters. The summed E-state index contributed by atoms with van der Waals surface area (Å²) < 4.78 is 5.09. The molecule has 2 aromatic rings. The fraction of sp³-hybridized carbons (Fsp3) is 0.308. The number of nitrogens with zero attached hydrogens (tertiary/aromatic N) is 3. The molecule has 1 saturated heterocycles. The molecule has 1 N–H and O–H groups in total. The van der Waals surface area contributed by atoms with E-state index in [1.165, 1.54) is 6.26 Å². The van der Waals surface area contributed by atoms with Gasteiger partial charge in [-0.3, -0.25) is 9.59 Å². The van der Waals surface area contributed by atoms with E-state index in [2.05, 4.69) is 9.97 Å². The zero-order chi connectivity index (χ0) is 13.9. The van der Waals surface area contributed by atoms with Crippen molar-refractivity contribution in [3.63, 3.8) is 0 Å². The summed E-state index contributed by atoms with van der Waals surface area (Å²) in [5.74, 6) is 0.381. The number of carbonyl (C=O) groups is 2. The summed E-state index contributed by atoms with van der Waals surface area (Å²) in [5.41, 5.74) is 0. The Bertz CT molecular complexity index is 529. The number of aromatic nitrogens is 2. The number of H-pyrrole nitrogens is 1. The van der Waals surface area contributed by atoms with Crippen LogP contribution in [-0.2, 0) is 0 Å². The fourth-order valence-electron chi connectivity index (χ4n) is 2.20. The highest BCUT2D eigenvalue weighted by atomic mass is 16.3. The first kappa shape index (κ1) is 12.5. The summed E-state index contributed by atoms with van der Waals surface area (Å²) in [5, 5.41) is 0. The molecule has 0 aromatic carbocycles. The van der Waals surface area contributed by atoms with Crippen LogP contribution in [0.2, 0.25) is 0 Å². The Morgan fingerprint density at radius 1 is 1.15 bits per heavy atom. The number of rotatable bonds is 2. The van der Waals surface area contributed by atoms with Gasteiger partial charge in [0.05, 0.1) is 6.26 Å². The number of hydrogen-bond donors (Lipinski definition) is 1. The molecule has 0 radical (unpaired) electrons. The lowest BCUT2D eigenvalue weighted by molar-refractivity contribution is 0.0512. The number of imidazole rings is 1. The Hall–Kier alpha value is -2.57. The highest BCUT2D eigenvalue weighted by Crippen LogP contribution is 2.10. The zero-order valence-electron chi connectivity index (χ0n) is 10.8. The van der Waals surface area contributed by atoms with E-state index >= 15 is 0 Å². The van der Waals surface area contributed by atoms with Gasteiger partial charge in [0, 0.05) is 38.6 Å². The average molecular weight is 274 g/mol. The quantitative estimate of drug-likeness (QED) is 0.869. The van der Waals surface area contributed by atoms with Crippen molar-refractivity contribution >= 4 is 11.8 Å². The van der Waals surface area contributed by atoms with E-state index in [0.717, 1.165) is 0 Å². The number of nitrogens with one attached hydrogen (secondary N) is 1. The second-order valence-corrected chi connectivity index (χ2v) is 4.50. The second-order valence-electron chi connectivity index (χ2n) is 4.50. The van der Waals surface area contributed by atoms with Gasteiger partial charge in [0.25, 0.3) is 11.8 Å².